The second-order valence-corrected chi connectivity index (χ2v) is 16.3. The number of hydrogen-bond acceptors (Lipinski definition) is 5. The molecule has 7 aromatic carbocycles. The lowest BCUT2D eigenvalue weighted by Gasteiger charge is -2.12. The maximum Gasteiger partial charge on any atom is 0.238 e. The Balaban J connectivity index is 1.15. The van der Waals surface area contributed by atoms with Crippen LogP contribution in [0.3, 0.4) is 0 Å². The number of unbranched alkanes of at least 4 members (excludes halogenated alkanes) is 1. The molecule has 0 spiro atoms. The summed E-state index contributed by atoms with van der Waals surface area (Å²) in [6.07, 6.45) is 3.54. The number of nitrogens with zero attached hydrogens (tertiary/aromatic N) is 4. The van der Waals surface area contributed by atoms with Gasteiger partial charge in [-0.2, -0.15) is 9.97 Å². The Bertz CT molecular complexity index is 3260. The lowest BCUT2D eigenvalue weighted by Crippen LogP contribution is -2.06. The number of rotatable bonds is 7. The van der Waals surface area contributed by atoms with Gasteiger partial charge in [-0.25, -0.2) is 4.98 Å². The fourth-order valence-electron chi connectivity index (χ4n) is 8.18. The number of aryl methyl sites for hydroxylation is 1. The van der Waals surface area contributed by atoms with Crippen molar-refractivity contribution in [2.45, 2.75) is 26.2 Å². The Morgan fingerprint density at radius 2 is 1.13 bits per heavy atom. The molecular formula is C49H34N4S2. The van der Waals surface area contributed by atoms with E-state index in [1.807, 2.05) is 29.5 Å². The van der Waals surface area contributed by atoms with Crippen molar-refractivity contribution in [2.75, 3.05) is 0 Å². The summed E-state index contributed by atoms with van der Waals surface area (Å²) < 4.78 is 7.34. The number of hydrogen-bond donors (Lipinski definition) is 0. The maximum atomic E-state index is 5.35. The topological polar surface area (TPSA) is 43.6 Å². The summed E-state index contributed by atoms with van der Waals surface area (Å²) in [7, 11) is 0. The van der Waals surface area contributed by atoms with Crippen LogP contribution >= 0.6 is 22.7 Å². The van der Waals surface area contributed by atoms with E-state index >= 15 is 0 Å². The average Bonchev–Trinajstić information content (AvgIpc) is 3.92. The second-order valence-electron chi connectivity index (χ2n) is 14.2. The van der Waals surface area contributed by atoms with Gasteiger partial charge < -0.3 is 0 Å². The summed E-state index contributed by atoms with van der Waals surface area (Å²) in [5.41, 5.74) is 7.92. The summed E-state index contributed by atoms with van der Waals surface area (Å²) in [5.74, 6) is 1.91. The molecule has 0 radical (unpaired) electrons. The highest BCUT2D eigenvalue weighted by atomic mass is 32.1. The monoisotopic (exact) mass is 742 g/mol. The van der Waals surface area contributed by atoms with E-state index < -0.39 is 0 Å². The number of benzene rings is 7. The van der Waals surface area contributed by atoms with E-state index in [4.69, 9.17) is 15.0 Å². The molecule has 6 heteroatoms. The molecular weight excluding hydrogens is 709 g/mol. The molecule has 0 aliphatic rings. The van der Waals surface area contributed by atoms with Gasteiger partial charge in [0.05, 0.1) is 11.0 Å². The largest absolute Gasteiger partial charge is 0.278 e. The van der Waals surface area contributed by atoms with Crippen molar-refractivity contribution in [3.8, 4) is 39.9 Å². The van der Waals surface area contributed by atoms with Gasteiger partial charge >= 0.3 is 0 Å². The van der Waals surface area contributed by atoms with E-state index in [1.165, 1.54) is 80.6 Å². The third-order valence-electron chi connectivity index (χ3n) is 10.9. The van der Waals surface area contributed by atoms with Crippen LogP contribution in [0.1, 0.15) is 25.3 Å². The van der Waals surface area contributed by atoms with Gasteiger partial charge in [0.15, 0.2) is 11.6 Å². The molecule has 4 heterocycles. The Morgan fingerprint density at radius 3 is 1.98 bits per heavy atom. The summed E-state index contributed by atoms with van der Waals surface area (Å²) >= 11 is 3.70. The van der Waals surface area contributed by atoms with Crippen LogP contribution in [-0.4, -0.2) is 19.5 Å². The zero-order chi connectivity index (χ0) is 36.5. The van der Waals surface area contributed by atoms with Crippen molar-refractivity contribution in [3.05, 3.63) is 157 Å². The van der Waals surface area contributed by atoms with Crippen LogP contribution in [0.2, 0.25) is 0 Å². The van der Waals surface area contributed by atoms with Crippen LogP contribution in [0.5, 0.6) is 0 Å². The number of fused-ring (bicyclic) bond motifs is 9. The summed E-state index contributed by atoms with van der Waals surface area (Å²) in [4.78, 5) is 15.8. The molecule has 0 aliphatic heterocycles. The van der Waals surface area contributed by atoms with Gasteiger partial charge in [0, 0.05) is 62.2 Å². The molecule has 0 atom stereocenters. The van der Waals surface area contributed by atoms with Crippen LogP contribution in [-0.2, 0) is 6.42 Å². The third kappa shape index (κ3) is 5.28. The number of thiophene rings is 2. The first kappa shape index (κ1) is 32.2. The third-order valence-corrected chi connectivity index (χ3v) is 13.3. The molecule has 0 fully saturated rings. The van der Waals surface area contributed by atoms with Gasteiger partial charge in [-0.1, -0.05) is 135 Å². The van der Waals surface area contributed by atoms with Crippen molar-refractivity contribution < 1.29 is 0 Å². The Morgan fingerprint density at radius 1 is 0.473 bits per heavy atom. The Hall–Kier alpha value is -6.21. The molecule has 4 aromatic heterocycles. The van der Waals surface area contributed by atoms with Crippen molar-refractivity contribution in [1.29, 1.82) is 0 Å². The molecule has 262 valence electrons. The van der Waals surface area contributed by atoms with Gasteiger partial charge in [0.25, 0.3) is 0 Å². The molecule has 11 rings (SSSR count). The molecule has 4 nitrogen and oxygen atoms in total. The van der Waals surface area contributed by atoms with Crippen molar-refractivity contribution in [3.63, 3.8) is 0 Å². The lowest BCUT2D eigenvalue weighted by atomic mass is 10.0. The van der Waals surface area contributed by atoms with Crippen molar-refractivity contribution in [1.82, 2.24) is 19.5 Å². The predicted molar refractivity (Wildman–Crippen MR) is 235 cm³/mol. The fourth-order valence-corrected chi connectivity index (χ4v) is 10.7. The molecule has 11 aromatic rings. The van der Waals surface area contributed by atoms with Crippen LogP contribution < -0.4 is 0 Å². The van der Waals surface area contributed by atoms with Crippen molar-refractivity contribution in [2.24, 2.45) is 0 Å². The minimum atomic E-state index is 0.602. The van der Waals surface area contributed by atoms with Crippen LogP contribution in [0.4, 0.5) is 0 Å². The zero-order valence-electron chi connectivity index (χ0n) is 30.2. The molecule has 0 saturated carbocycles. The molecule has 0 bridgehead atoms. The molecule has 0 N–H and O–H groups in total. The fraction of sp³-hybridized carbons (Fsp3) is 0.0816. The highest BCUT2D eigenvalue weighted by Gasteiger charge is 2.21. The normalized spacial score (nSPS) is 11.9. The second kappa shape index (κ2) is 13.0. The summed E-state index contributed by atoms with van der Waals surface area (Å²) in [5, 5.41) is 7.44. The van der Waals surface area contributed by atoms with E-state index in [0.29, 0.717) is 17.6 Å². The summed E-state index contributed by atoms with van der Waals surface area (Å²) in [6.45, 7) is 2.26. The first-order chi connectivity index (χ1) is 27.2. The maximum absolute atomic E-state index is 5.35. The first-order valence-corrected chi connectivity index (χ1v) is 20.6. The molecule has 0 saturated heterocycles. The van der Waals surface area contributed by atoms with E-state index in [0.717, 1.165) is 28.6 Å². The van der Waals surface area contributed by atoms with Crippen LogP contribution in [0, 0.1) is 0 Å². The molecule has 0 aliphatic carbocycles. The van der Waals surface area contributed by atoms with Crippen LogP contribution in [0.15, 0.2) is 152 Å². The van der Waals surface area contributed by atoms with E-state index in [9.17, 15) is 0 Å². The van der Waals surface area contributed by atoms with Gasteiger partial charge in [-0.15, -0.1) is 22.7 Å². The Labute approximate surface area is 326 Å². The van der Waals surface area contributed by atoms with Gasteiger partial charge in [-0.3, -0.25) is 4.57 Å². The van der Waals surface area contributed by atoms with Gasteiger partial charge in [0.1, 0.15) is 0 Å². The van der Waals surface area contributed by atoms with Gasteiger partial charge in [0.2, 0.25) is 5.95 Å². The summed E-state index contributed by atoms with van der Waals surface area (Å²) in [6, 6.07) is 54.6. The standard InChI is InChI=1S/C49H34N4S2/c1-2-3-13-30-24-26-37-39-19-11-18-33(45(39)55-44(37)28-30)32-25-27-35-34-16-7-9-22-41(34)53(42(35)29-32)49-51-47(31-14-5-4-6-15-31)50-48(52-49)40-21-12-20-38-36-17-8-10-23-43(36)54-46(38)40/h4-12,14-29H,2-3,13H2,1H3. The highest BCUT2D eigenvalue weighted by molar-refractivity contribution is 7.26. The van der Waals surface area contributed by atoms with Crippen LogP contribution in [0.25, 0.3) is 102 Å². The number of aromatic nitrogens is 4. The first-order valence-electron chi connectivity index (χ1n) is 18.9. The van der Waals surface area contributed by atoms with E-state index in [2.05, 4.69) is 145 Å². The van der Waals surface area contributed by atoms with Gasteiger partial charge in [-0.05, 0) is 59.9 Å². The van der Waals surface area contributed by atoms with E-state index in [1.54, 1.807) is 11.3 Å². The number of para-hydroxylation sites is 1. The molecule has 0 amide bonds. The lowest BCUT2D eigenvalue weighted by molar-refractivity contribution is 0.796. The van der Waals surface area contributed by atoms with E-state index in [-0.39, 0.29) is 0 Å². The predicted octanol–water partition coefficient (Wildman–Crippen LogP) is 14.0. The smallest absolute Gasteiger partial charge is 0.238 e. The molecule has 55 heavy (non-hydrogen) atoms. The zero-order valence-corrected chi connectivity index (χ0v) is 31.8. The van der Waals surface area contributed by atoms with Crippen molar-refractivity contribution >= 4 is 84.8 Å². The molecule has 0 unspecified atom stereocenters. The Kier molecular flexibility index (Phi) is 7.61. The minimum Gasteiger partial charge on any atom is -0.278 e. The quantitative estimate of drug-likeness (QED) is 0.163. The average molecular weight is 743 g/mol. The highest BCUT2D eigenvalue weighted by Crippen LogP contribution is 2.43. The minimum absolute atomic E-state index is 0.602. The SMILES string of the molecule is CCCCc1ccc2c(c1)sc1c(-c3ccc4c5ccccc5n(-c5nc(-c6ccccc6)nc(-c6cccc7c6sc6ccccc67)n5)c4c3)cccc12.